The van der Waals surface area contributed by atoms with E-state index in [1.165, 1.54) is 17.0 Å². The summed E-state index contributed by atoms with van der Waals surface area (Å²) in [6.45, 7) is 0.128. The van der Waals surface area contributed by atoms with Crippen molar-refractivity contribution >= 4 is 5.78 Å². The first-order chi connectivity index (χ1) is 8.08. The van der Waals surface area contributed by atoms with E-state index in [4.69, 9.17) is 9.47 Å². The Bertz CT molecular complexity index is 483. The number of ether oxygens (including phenoxy) is 2. The molecule has 0 spiro atoms. The van der Waals surface area contributed by atoms with Gasteiger partial charge in [-0.05, 0) is 18.2 Å². The van der Waals surface area contributed by atoms with Crippen molar-refractivity contribution in [3.8, 4) is 11.5 Å². The van der Waals surface area contributed by atoms with Crippen LogP contribution in [0.15, 0.2) is 30.2 Å². The lowest BCUT2D eigenvalue weighted by Gasteiger charge is -2.05. The van der Waals surface area contributed by atoms with Gasteiger partial charge in [-0.15, -0.1) is 0 Å². The summed E-state index contributed by atoms with van der Waals surface area (Å²) in [4.78, 5) is 13.2. The molecule has 0 amide bonds. The van der Waals surface area contributed by atoms with E-state index in [0.717, 1.165) is 6.20 Å². The minimum absolute atomic E-state index is 0.128. The molecular formula is C12H12FNO3. The summed E-state index contributed by atoms with van der Waals surface area (Å²) in [7, 11) is 3.29. The Hall–Kier alpha value is -2.04. The Morgan fingerprint density at radius 3 is 2.76 bits per heavy atom. The fourth-order valence-electron chi connectivity index (χ4n) is 1.46. The minimum atomic E-state index is -0.811. The summed E-state index contributed by atoms with van der Waals surface area (Å²) in [6.07, 6.45) is 1.13. The molecule has 0 fully saturated rings. The molecule has 1 aliphatic rings. The highest BCUT2D eigenvalue weighted by molar-refractivity contribution is 6.07. The number of allylic oxidation sites excluding steroid dienone is 1. The number of Topliss-reactive ketones (excluding diaryl/α,β-unsaturated/α-hetero) is 1. The summed E-state index contributed by atoms with van der Waals surface area (Å²) in [5.41, 5.74) is 0.241. The van der Waals surface area contributed by atoms with Gasteiger partial charge in [0, 0.05) is 25.9 Å². The molecule has 0 bridgehead atoms. The molecule has 17 heavy (non-hydrogen) atoms. The van der Waals surface area contributed by atoms with Crippen LogP contribution in [0.4, 0.5) is 4.39 Å². The highest BCUT2D eigenvalue weighted by atomic mass is 19.1. The molecule has 0 saturated carbocycles. The molecule has 1 aromatic carbocycles. The van der Waals surface area contributed by atoms with Gasteiger partial charge in [0.15, 0.2) is 17.3 Å². The molecule has 1 aromatic rings. The largest absolute Gasteiger partial charge is 0.454 e. The standard InChI is InChI=1S/C12H12FNO3/c1-14(2)6-9(13)12(15)8-3-4-10-11(5-8)17-7-16-10/h3-6H,7H2,1-2H3/b9-6-. The molecular weight excluding hydrogens is 225 g/mol. The van der Waals surface area contributed by atoms with Crippen LogP contribution in [0.1, 0.15) is 10.4 Å². The molecule has 0 aliphatic carbocycles. The van der Waals surface area contributed by atoms with Crippen LogP contribution < -0.4 is 9.47 Å². The summed E-state index contributed by atoms with van der Waals surface area (Å²) >= 11 is 0. The van der Waals surface area contributed by atoms with Gasteiger partial charge < -0.3 is 14.4 Å². The molecule has 0 unspecified atom stereocenters. The summed E-state index contributed by atoms with van der Waals surface area (Å²) < 4.78 is 23.7. The first-order valence-corrected chi connectivity index (χ1v) is 5.06. The molecule has 0 atom stereocenters. The lowest BCUT2D eigenvalue weighted by molar-refractivity contribution is 0.100. The Morgan fingerprint density at radius 1 is 1.35 bits per heavy atom. The first-order valence-electron chi connectivity index (χ1n) is 5.06. The van der Waals surface area contributed by atoms with Gasteiger partial charge in [-0.1, -0.05) is 0 Å². The van der Waals surface area contributed by atoms with Crippen LogP contribution in [-0.2, 0) is 0 Å². The van der Waals surface area contributed by atoms with E-state index in [1.54, 1.807) is 20.2 Å². The lowest BCUT2D eigenvalue weighted by Crippen LogP contribution is -2.07. The van der Waals surface area contributed by atoms with E-state index in [1.807, 2.05) is 0 Å². The van der Waals surface area contributed by atoms with Gasteiger partial charge in [0.2, 0.25) is 12.6 Å². The van der Waals surface area contributed by atoms with Crippen molar-refractivity contribution in [1.29, 1.82) is 0 Å². The third-order valence-electron chi connectivity index (χ3n) is 2.22. The SMILES string of the molecule is CN(C)/C=C(\F)C(=O)c1ccc2c(c1)OCO2. The zero-order valence-corrected chi connectivity index (χ0v) is 9.57. The van der Waals surface area contributed by atoms with Crippen molar-refractivity contribution in [1.82, 2.24) is 4.90 Å². The average Bonchev–Trinajstić information content (AvgIpc) is 2.73. The predicted octanol–water partition coefficient (Wildman–Crippen LogP) is 1.97. The van der Waals surface area contributed by atoms with Gasteiger partial charge in [0.25, 0.3) is 0 Å². The molecule has 1 aliphatic heterocycles. The molecule has 5 heteroatoms. The third-order valence-corrected chi connectivity index (χ3v) is 2.22. The number of carbonyl (C=O) groups is 1. The van der Waals surface area contributed by atoms with Crippen molar-refractivity contribution in [2.75, 3.05) is 20.9 Å². The second kappa shape index (κ2) is 4.45. The van der Waals surface area contributed by atoms with Gasteiger partial charge in [-0.2, -0.15) is 0 Å². The predicted molar refractivity (Wildman–Crippen MR) is 59.8 cm³/mol. The summed E-state index contributed by atoms with van der Waals surface area (Å²) in [6, 6.07) is 4.59. The molecule has 4 nitrogen and oxygen atoms in total. The van der Waals surface area contributed by atoms with Crippen LogP contribution in [-0.4, -0.2) is 31.6 Å². The fourth-order valence-corrected chi connectivity index (χ4v) is 1.46. The van der Waals surface area contributed by atoms with Gasteiger partial charge in [-0.25, -0.2) is 4.39 Å². The second-order valence-corrected chi connectivity index (χ2v) is 3.84. The van der Waals surface area contributed by atoms with Crippen molar-refractivity contribution in [3.63, 3.8) is 0 Å². The number of halogens is 1. The monoisotopic (exact) mass is 237 g/mol. The molecule has 0 radical (unpaired) electrons. The maximum absolute atomic E-state index is 13.5. The Morgan fingerprint density at radius 2 is 2.06 bits per heavy atom. The minimum Gasteiger partial charge on any atom is -0.454 e. The highest BCUT2D eigenvalue weighted by Gasteiger charge is 2.18. The maximum atomic E-state index is 13.5. The van der Waals surface area contributed by atoms with Crippen LogP contribution in [0.25, 0.3) is 0 Å². The van der Waals surface area contributed by atoms with Gasteiger partial charge >= 0.3 is 0 Å². The number of rotatable bonds is 3. The number of hydrogen-bond acceptors (Lipinski definition) is 4. The van der Waals surface area contributed by atoms with Crippen LogP contribution in [0.3, 0.4) is 0 Å². The van der Waals surface area contributed by atoms with E-state index >= 15 is 0 Å². The Balaban J connectivity index is 2.26. The number of benzene rings is 1. The van der Waals surface area contributed by atoms with Crippen LogP contribution in [0.5, 0.6) is 11.5 Å². The van der Waals surface area contributed by atoms with E-state index < -0.39 is 11.6 Å². The summed E-state index contributed by atoms with van der Waals surface area (Å²) in [5, 5.41) is 0. The molecule has 0 aromatic heterocycles. The van der Waals surface area contributed by atoms with Crippen molar-refractivity contribution < 1.29 is 18.7 Å². The number of ketones is 1. The number of nitrogens with zero attached hydrogens (tertiary/aromatic N) is 1. The van der Waals surface area contributed by atoms with Crippen molar-refractivity contribution in [2.24, 2.45) is 0 Å². The number of carbonyl (C=O) groups excluding carboxylic acids is 1. The van der Waals surface area contributed by atoms with Crippen LogP contribution in [0.2, 0.25) is 0 Å². The highest BCUT2D eigenvalue weighted by Crippen LogP contribution is 2.33. The van der Waals surface area contributed by atoms with E-state index in [9.17, 15) is 9.18 Å². The quantitative estimate of drug-likeness (QED) is 0.595. The van der Waals surface area contributed by atoms with E-state index in [2.05, 4.69) is 0 Å². The van der Waals surface area contributed by atoms with E-state index in [-0.39, 0.29) is 12.4 Å². The summed E-state index contributed by atoms with van der Waals surface area (Å²) in [5.74, 6) is -0.446. The smallest absolute Gasteiger partial charge is 0.231 e. The fraction of sp³-hybridized carbons (Fsp3) is 0.250. The maximum Gasteiger partial charge on any atom is 0.231 e. The molecule has 0 N–H and O–H groups in total. The topological polar surface area (TPSA) is 38.8 Å². The van der Waals surface area contributed by atoms with Crippen LogP contribution >= 0.6 is 0 Å². The zero-order valence-electron chi connectivity index (χ0n) is 9.57. The molecule has 2 rings (SSSR count). The second-order valence-electron chi connectivity index (χ2n) is 3.84. The third kappa shape index (κ3) is 2.38. The zero-order chi connectivity index (χ0) is 12.4. The van der Waals surface area contributed by atoms with Gasteiger partial charge in [0.05, 0.1) is 0 Å². The number of fused-ring (bicyclic) bond motifs is 1. The number of hydrogen-bond donors (Lipinski definition) is 0. The Labute approximate surface area is 98.2 Å². The first kappa shape index (κ1) is 11.4. The average molecular weight is 237 g/mol. The molecule has 90 valence electrons. The van der Waals surface area contributed by atoms with Crippen molar-refractivity contribution in [3.05, 3.63) is 35.8 Å². The Kier molecular flexibility index (Phi) is 2.99. The molecule has 0 saturated heterocycles. The molecule has 1 heterocycles. The van der Waals surface area contributed by atoms with Crippen LogP contribution in [0, 0.1) is 0 Å². The van der Waals surface area contributed by atoms with E-state index in [0.29, 0.717) is 11.5 Å². The normalized spacial score (nSPS) is 13.7. The van der Waals surface area contributed by atoms with Gasteiger partial charge in [-0.3, -0.25) is 4.79 Å². The lowest BCUT2D eigenvalue weighted by atomic mass is 10.1. The van der Waals surface area contributed by atoms with Gasteiger partial charge in [0.1, 0.15) is 0 Å². The van der Waals surface area contributed by atoms with Crippen molar-refractivity contribution in [2.45, 2.75) is 0 Å².